The van der Waals surface area contributed by atoms with Crippen LogP contribution in [0.5, 0.6) is 0 Å². The SMILES string of the molecule is Cc1cccc(NC(=O)c2cccc(N3C(=O)c4c(Cl)c(Cl)c(Cl)c(Cl)c4C3=O)c2)c1C. The number of carbonyl (C=O) groups excluding carboxylic acids is 3. The predicted octanol–water partition coefficient (Wildman–Crippen LogP) is 6.97. The number of anilines is 2. The first kappa shape index (κ1) is 22.6. The minimum atomic E-state index is -0.706. The standard InChI is InChI=1S/C23H14Cl4N2O3/c1-10-5-3-8-14(11(10)2)28-21(30)12-6-4-7-13(9-12)29-22(31)15-16(23(29)32)18(25)20(27)19(26)17(15)24/h3-9H,1-2H3,(H,28,30). The Morgan fingerprint density at radius 1 is 0.812 bits per heavy atom. The van der Waals surface area contributed by atoms with Crippen LogP contribution in [0.15, 0.2) is 42.5 Å². The summed E-state index contributed by atoms with van der Waals surface area (Å²) < 4.78 is 0. The van der Waals surface area contributed by atoms with Crippen molar-refractivity contribution in [2.24, 2.45) is 0 Å². The van der Waals surface area contributed by atoms with Gasteiger partial charge in [-0.1, -0.05) is 64.6 Å². The molecule has 0 bridgehead atoms. The van der Waals surface area contributed by atoms with Gasteiger partial charge >= 0.3 is 0 Å². The van der Waals surface area contributed by atoms with Gasteiger partial charge in [0.1, 0.15) is 0 Å². The lowest BCUT2D eigenvalue weighted by Crippen LogP contribution is -2.29. The first-order valence-corrected chi connectivity index (χ1v) is 10.9. The van der Waals surface area contributed by atoms with Crippen LogP contribution < -0.4 is 10.2 Å². The van der Waals surface area contributed by atoms with Crippen LogP contribution in [0.4, 0.5) is 11.4 Å². The Kier molecular flexibility index (Phi) is 5.94. The van der Waals surface area contributed by atoms with Crippen molar-refractivity contribution in [2.45, 2.75) is 13.8 Å². The highest BCUT2D eigenvalue weighted by Crippen LogP contribution is 2.45. The number of rotatable bonds is 3. The smallest absolute Gasteiger partial charge is 0.267 e. The Hall–Kier alpha value is -2.57. The number of halogens is 4. The third-order valence-corrected chi connectivity index (χ3v) is 7.12. The molecule has 0 fully saturated rings. The lowest BCUT2D eigenvalue weighted by atomic mass is 10.1. The lowest BCUT2D eigenvalue weighted by molar-refractivity contribution is 0.0924. The maximum absolute atomic E-state index is 13.1. The molecule has 9 heteroatoms. The van der Waals surface area contributed by atoms with Crippen LogP contribution in [0, 0.1) is 13.8 Å². The number of amides is 3. The van der Waals surface area contributed by atoms with Crippen LogP contribution in [0.2, 0.25) is 20.1 Å². The number of fused-ring (bicyclic) bond motifs is 1. The average Bonchev–Trinajstić information content (AvgIpc) is 3.04. The molecule has 5 nitrogen and oxygen atoms in total. The maximum atomic E-state index is 13.1. The van der Waals surface area contributed by atoms with Crippen LogP contribution in [0.25, 0.3) is 0 Å². The third-order valence-electron chi connectivity index (χ3n) is 5.32. The van der Waals surface area contributed by atoms with Crippen molar-refractivity contribution in [1.82, 2.24) is 0 Å². The molecule has 162 valence electrons. The summed E-state index contributed by atoms with van der Waals surface area (Å²) in [5, 5.41) is 2.33. The number of aryl methyl sites for hydroxylation is 1. The highest BCUT2D eigenvalue weighted by Gasteiger charge is 2.42. The summed E-state index contributed by atoms with van der Waals surface area (Å²) in [6.45, 7) is 3.85. The topological polar surface area (TPSA) is 66.5 Å². The zero-order valence-electron chi connectivity index (χ0n) is 16.7. The van der Waals surface area contributed by atoms with Gasteiger partial charge in [-0.15, -0.1) is 0 Å². The van der Waals surface area contributed by atoms with E-state index in [0.29, 0.717) is 5.69 Å². The monoisotopic (exact) mass is 506 g/mol. The summed E-state index contributed by atoms with van der Waals surface area (Å²) in [4.78, 5) is 39.9. The number of carbonyl (C=O) groups is 3. The number of benzene rings is 3. The van der Waals surface area contributed by atoms with Gasteiger partial charge in [-0.3, -0.25) is 14.4 Å². The quantitative estimate of drug-likeness (QED) is 0.236. The van der Waals surface area contributed by atoms with E-state index in [1.54, 1.807) is 18.2 Å². The largest absolute Gasteiger partial charge is 0.322 e. The molecule has 1 aliphatic rings. The van der Waals surface area contributed by atoms with Gasteiger partial charge in [-0.05, 0) is 49.2 Å². The van der Waals surface area contributed by atoms with Gasteiger partial charge in [0.2, 0.25) is 0 Å². The number of imide groups is 1. The van der Waals surface area contributed by atoms with Crippen LogP contribution in [-0.2, 0) is 0 Å². The molecule has 0 aliphatic carbocycles. The Morgan fingerprint density at radius 3 is 1.97 bits per heavy atom. The van der Waals surface area contributed by atoms with Crippen LogP contribution in [0.3, 0.4) is 0 Å². The summed E-state index contributed by atoms with van der Waals surface area (Å²) in [6.07, 6.45) is 0. The van der Waals surface area contributed by atoms with Gasteiger partial charge in [0, 0.05) is 11.3 Å². The van der Waals surface area contributed by atoms with E-state index in [0.717, 1.165) is 16.0 Å². The number of hydrogen-bond donors (Lipinski definition) is 1. The molecule has 3 amide bonds. The van der Waals surface area contributed by atoms with Crippen LogP contribution >= 0.6 is 46.4 Å². The zero-order chi connectivity index (χ0) is 23.3. The molecule has 0 spiro atoms. The molecule has 4 rings (SSSR count). The summed E-state index contributed by atoms with van der Waals surface area (Å²) in [7, 11) is 0. The van der Waals surface area contributed by atoms with E-state index in [1.165, 1.54) is 12.1 Å². The van der Waals surface area contributed by atoms with Crippen molar-refractivity contribution in [2.75, 3.05) is 10.2 Å². The Labute approximate surface area is 203 Å². The second-order valence-electron chi connectivity index (χ2n) is 7.20. The highest BCUT2D eigenvalue weighted by molar-refractivity contribution is 6.56. The molecule has 3 aromatic carbocycles. The molecule has 0 aromatic heterocycles. The molecule has 32 heavy (non-hydrogen) atoms. The van der Waals surface area contributed by atoms with E-state index in [4.69, 9.17) is 46.4 Å². The lowest BCUT2D eigenvalue weighted by Gasteiger charge is -2.15. The first-order valence-electron chi connectivity index (χ1n) is 9.35. The molecular weight excluding hydrogens is 494 g/mol. The van der Waals surface area contributed by atoms with E-state index in [1.807, 2.05) is 26.0 Å². The summed E-state index contributed by atoms with van der Waals surface area (Å²) in [6, 6.07) is 11.7. The minimum Gasteiger partial charge on any atom is -0.322 e. The summed E-state index contributed by atoms with van der Waals surface area (Å²) in [5.41, 5.74) is 2.84. The van der Waals surface area contributed by atoms with Crippen molar-refractivity contribution in [3.05, 3.63) is 90.4 Å². The number of hydrogen-bond acceptors (Lipinski definition) is 3. The fourth-order valence-corrected chi connectivity index (χ4v) is 4.47. The highest BCUT2D eigenvalue weighted by atomic mass is 35.5. The maximum Gasteiger partial charge on any atom is 0.267 e. The van der Waals surface area contributed by atoms with E-state index < -0.39 is 11.8 Å². The van der Waals surface area contributed by atoms with Gasteiger partial charge in [-0.25, -0.2) is 4.90 Å². The molecule has 3 aromatic rings. The number of nitrogens with one attached hydrogen (secondary N) is 1. The molecular formula is C23H14Cl4N2O3. The molecule has 0 unspecified atom stereocenters. The summed E-state index contributed by atoms with van der Waals surface area (Å²) in [5.74, 6) is -1.80. The van der Waals surface area contributed by atoms with Gasteiger partial charge in [-0.2, -0.15) is 0 Å². The molecule has 1 heterocycles. The van der Waals surface area contributed by atoms with Crippen molar-refractivity contribution >= 4 is 75.5 Å². The van der Waals surface area contributed by atoms with E-state index in [-0.39, 0.29) is 48.4 Å². The number of nitrogens with zero attached hydrogens (tertiary/aromatic N) is 1. The van der Waals surface area contributed by atoms with Crippen LogP contribution in [-0.4, -0.2) is 17.7 Å². The second kappa shape index (κ2) is 8.41. The zero-order valence-corrected chi connectivity index (χ0v) is 19.7. The predicted molar refractivity (Wildman–Crippen MR) is 128 cm³/mol. The Bertz CT molecular complexity index is 1290. The van der Waals surface area contributed by atoms with Crippen molar-refractivity contribution in [3.63, 3.8) is 0 Å². The molecule has 1 aliphatic heterocycles. The summed E-state index contributed by atoms with van der Waals surface area (Å²) >= 11 is 24.5. The van der Waals surface area contributed by atoms with Crippen LogP contribution in [0.1, 0.15) is 42.2 Å². The van der Waals surface area contributed by atoms with E-state index in [9.17, 15) is 14.4 Å². The minimum absolute atomic E-state index is 0.110. The van der Waals surface area contributed by atoms with Crippen molar-refractivity contribution < 1.29 is 14.4 Å². The van der Waals surface area contributed by atoms with E-state index in [2.05, 4.69) is 5.32 Å². The normalized spacial score (nSPS) is 12.9. The fourth-order valence-electron chi connectivity index (χ4n) is 3.45. The molecule has 0 saturated heterocycles. The van der Waals surface area contributed by atoms with Gasteiger partial charge < -0.3 is 5.32 Å². The Morgan fingerprint density at radius 2 is 1.38 bits per heavy atom. The Balaban J connectivity index is 1.71. The van der Waals surface area contributed by atoms with Crippen molar-refractivity contribution in [3.8, 4) is 0 Å². The molecule has 0 saturated carbocycles. The van der Waals surface area contributed by atoms with E-state index >= 15 is 0 Å². The average molecular weight is 508 g/mol. The third kappa shape index (κ3) is 3.55. The molecule has 1 N–H and O–H groups in total. The van der Waals surface area contributed by atoms with Gasteiger partial charge in [0.05, 0.1) is 36.9 Å². The first-order chi connectivity index (χ1) is 15.1. The molecule has 0 radical (unpaired) electrons. The van der Waals surface area contributed by atoms with Gasteiger partial charge in [0.25, 0.3) is 17.7 Å². The van der Waals surface area contributed by atoms with Gasteiger partial charge in [0.15, 0.2) is 0 Å². The molecule has 0 atom stereocenters. The fraction of sp³-hybridized carbons (Fsp3) is 0.0870. The van der Waals surface area contributed by atoms with Crippen molar-refractivity contribution in [1.29, 1.82) is 0 Å². The second-order valence-corrected chi connectivity index (χ2v) is 8.72.